The van der Waals surface area contributed by atoms with Crippen molar-refractivity contribution in [1.82, 2.24) is 0 Å². The minimum Gasteiger partial charge on any atom is -1.00 e. The highest BCUT2D eigenvalue weighted by Gasteiger charge is 2.06. The van der Waals surface area contributed by atoms with Crippen molar-refractivity contribution >= 4 is 34.6 Å². The van der Waals surface area contributed by atoms with Gasteiger partial charge < -0.3 is 17.3 Å². The maximum absolute atomic E-state index is 5.96. The van der Waals surface area contributed by atoms with E-state index in [9.17, 15) is 0 Å². The van der Waals surface area contributed by atoms with Gasteiger partial charge in [-0.2, -0.15) is 0 Å². The van der Waals surface area contributed by atoms with Crippen molar-refractivity contribution in [3.63, 3.8) is 0 Å². The van der Waals surface area contributed by atoms with Crippen molar-refractivity contribution in [1.29, 1.82) is 0 Å². The fourth-order valence-electron chi connectivity index (χ4n) is 1.48. The molecule has 2 aromatic rings. The second-order valence-electron chi connectivity index (χ2n) is 3.44. The van der Waals surface area contributed by atoms with E-state index in [-0.39, 0.29) is 12.4 Å². The van der Waals surface area contributed by atoms with Crippen molar-refractivity contribution < 1.29 is 17.4 Å². The summed E-state index contributed by atoms with van der Waals surface area (Å²) in [6.45, 7) is 0. The fraction of sp³-hybridized carbons (Fsp3) is 0.0833. The number of benzene rings is 1. The second kappa shape index (κ2) is 6.10. The SMILES string of the molecule is CN(c1cc[nH+]cc1)c1cc(Cl)cc(Cl)c1.[Cl-]. The van der Waals surface area contributed by atoms with Gasteiger partial charge in [-0.25, -0.2) is 4.98 Å². The van der Waals surface area contributed by atoms with Crippen LogP contribution < -0.4 is 22.3 Å². The highest BCUT2D eigenvalue weighted by atomic mass is 35.5. The molecule has 0 atom stereocenters. The van der Waals surface area contributed by atoms with E-state index >= 15 is 0 Å². The van der Waals surface area contributed by atoms with E-state index in [2.05, 4.69) is 4.98 Å². The van der Waals surface area contributed by atoms with Gasteiger partial charge in [0.1, 0.15) is 0 Å². The molecule has 0 unspecified atom stereocenters. The quantitative estimate of drug-likeness (QED) is 0.791. The van der Waals surface area contributed by atoms with E-state index in [1.54, 1.807) is 6.07 Å². The van der Waals surface area contributed by atoms with E-state index in [4.69, 9.17) is 23.2 Å². The van der Waals surface area contributed by atoms with Gasteiger partial charge in [0.15, 0.2) is 12.4 Å². The van der Waals surface area contributed by atoms with E-state index in [0.29, 0.717) is 10.0 Å². The van der Waals surface area contributed by atoms with Crippen LogP contribution in [0.3, 0.4) is 0 Å². The Morgan fingerprint density at radius 2 is 1.47 bits per heavy atom. The molecule has 1 heterocycles. The van der Waals surface area contributed by atoms with Crippen LogP contribution in [0.15, 0.2) is 42.7 Å². The number of nitrogens with zero attached hydrogens (tertiary/aromatic N) is 1. The van der Waals surface area contributed by atoms with Gasteiger partial charge in [0.2, 0.25) is 0 Å². The third kappa shape index (κ3) is 3.50. The smallest absolute Gasteiger partial charge is 0.169 e. The fourth-order valence-corrected chi connectivity index (χ4v) is 2.00. The zero-order chi connectivity index (χ0) is 11.5. The molecule has 0 aliphatic rings. The predicted octanol–water partition coefficient (Wildman–Crippen LogP) is 0.579. The van der Waals surface area contributed by atoms with E-state index in [1.165, 1.54) is 0 Å². The Labute approximate surface area is 117 Å². The molecule has 0 saturated carbocycles. The first kappa shape index (κ1) is 14.1. The van der Waals surface area contributed by atoms with Crippen LogP contribution in [0.4, 0.5) is 11.4 Å². The third-order valence-electron chi connectivity index (χ3n) is 2.32. The lowest BCUT2D eigenvalue weighted by Gasteiger charge is -2.18. The van der Waals surface area contributed by atoms with E-state index in [1.807, 2.05) is 48.6 Å². The number of pyridine rings is 1. The standard InChI is InChI=1S/C12H10Cl2N2.ClH/c1-16(11-2-4-15-5-3-11)12-7-9(13)6-10(14)8-12;/h2-8H,1H3;1H. The summed E-state index contributed by atoms with van der Waals surface area (Å²) in [6.07, 6.45) is 3.75. The molecule has 2 nitrogen and oxygen atoms in total. The van der Waals surface area contributed by atoms with Crippen LogP contribution in [0.5, 0.6) is 0 Å². The van der Waals surface area contributed by atoms with Crippen LogP contribution in [0.25, 0.3) is 0 Å². The van der Waals surface area contributed by atoms with Crippen molar-refractivity contribution in [3.8, 4) is 0 Å². The normalized spacial score (nSPS) is 9.59. The molecule has 2 rings (SSSR count). The number of hydrogen-bond donors (Lipinski definition) is 0. The monoisotopic (exact) mass is 288 g/mol. The number of anilines is 2. The summed E-state index contributed by atoms with van der Waals surface area (Å²) in [5.74, 6) is 0. The lowest BCUT2D eigenvalue weighted by molar-refractivity contribution is -0.377. The predicted molar refractivity (Wildman–Crippen MR) is 67.5 cm³/mol. The minimum atomic E-state index is 0. The third-order valence-corrected chi connectivity index (χ3v) is 2.76. The summed E-state index contributed by atoms with van der Waals surface area (Å²) in [6, 6.07) is 9.44. The first-order valence-corrected chi connectivity index (χ1v) is 5.58. The summed E-state index contributed by atoms with van der Waals surface area (Å²) >= 11 is 11.9. The zero-order valence-corrected chi connectivity index (χ0v) is 11.4. The van der Waals surface area contributed by atoms with Gasteiger partial charge in [-0.3, -0.25) is 0 Å². The number of H-pyrrole nitrogens is 1. The molecule has 0 radical (unpaired) electrons. The number of nitrogens with one attached hydrogen (secondary N) is 1. The molecule has 1 aromatic carbocycles. The molecule has 0 spiro atoms. The van der Waals surface area contributed by atoms with Crippen molar-refractivity contribution in [2.75, 3.05) is 11.9 Å². The van der Waals surface area contributed by atoms with E-state index in [0.717, 1.165) is 11.4 Å². The molecule has 1 aromatic heterocycles. The number of hydrogen-bond acceptors (Lipinski definition) is 1. The summed E-state index contributed by atoms with van der Waals surface area (Å²) in [4.78, 5) is 5.00. The van der Waals surface area contributed by atoms with Crippen molar-refractivity contribution in [2.45, 2.75) is 0 Å². The maximum Gasteiger partial charge on any atom is 0.169 e. The van der Waals surface area contributed by atoms with Gasteiger partial charge in [-0.05, 0) is 18.2 Å². The van der Waals surface area contributed by atoms with Gasteiger partial charge in [-0.15, -0.1) is 0 Å². The molecule has 5 heteroatoms. The molecule has 0 amide bonds. The molecule has 90 valence electrons. The van der Waals surface area contributed by atoms with Crippen LogP contribution in [0.1, 0.15) is 0 Å². The number of halogens is 3. The van der Waals surface area contributed by atoms with Gasteiger partial charge in [0.25, 0.3) is 0 Å². The first-order chi connectivity index (χ1) is 7.66. The number of aromatic nitrogens is 1. The molecular formula is C12H11Cl3N2. The van der Waals surface area contributed by atoms with E-state index < -0.39 is 0 Å². The second-order valence-corrected chi connectivity index (χ2v) is 4.32. The molecule has 0 saturated heterocycles. The average molecular weight is 290 g/mol. The Bertz CT molecular complexity index is 468. The Morgan fingerprint density at radius 1 is 0.941 bits per heavy atom. The number of rotatable bonds is 2. The Balaban J connectivity index is 0.00000144. The Hall–Kier alpha value is -0.960. The summed E-state index contributed by atoms with van der Waals surface area (Å²) in [5.41, 5.74) is 2.03. The Morgan fingerprint density at radius 3 is 2.00 bits per heavy atom. The lowest BCUT2D eigenvalue weighted by atomic mass is 10.2. The molecular weight excluding hydrogens is 279 g/mol. The van der Waals surface area contributed by atoms with Crippen LogP contribution in [-0.4, -0.2) is 7.05 Å². The molecule has 0 bridgehead atoms. The molecule has 1 N–H and O–H groups in total. The minimum absolute atomic E-state index is 0. The van der Waals surface area contributed by atoms with Crippen molar-refractivity contribution in [2.24, 2.45) is 0 Å². The summed E-state index contributed by atoms with van der Waals surface area (Å²) < 4.78 is 0. The number of aromatic amines is 1. The van der Waals surface area contributed by atoms with Gasteiger partial charge in [-0.1, -0.05) is 23.2 Å². The highest BCUT2D eigenvalue weighted by molar-refractivity contribution is 6.35. The lowest BCUT2D eigenvalue weighted by Crippen LogP contribution is -3.00. The zero-order valence-electron chi connectivity index (χ0n) is 9.12. The highest BCUT2D eigenvalue weighted by Crippen LogP contribution is 2.28. The first-order valence-electron chi connectivity index (χ1n) is 4.83. The van der Waals surface area contributed by atoms with Gasteiger partial charge >= 0.3 is 0 Å². The average Bonchev–Trinajstić information content (AvgIpc) is 2.28. The van der Waals surface area contributed by atoms with Crippen molar-refractivity contribution in [3.05, 3.63) is 52.8 Å². The Kier molecular flexibility index (Phi) is 5.06. The topological polar surface area (TPSA) is 17.4 Å². The van der Waals surface area contributed by atoms with Gasteiger partial charge in [0, 0.05) is 34.9 Å². The van der Waals surface area contributed by atoms with Crippen LogP contribution in [0.2, 0.25) is 10.0 Å². The largest absolute Gasteiger partial charge is 1.00 e. The van der Waals surface area contributed by atoms with Crippen LogP contribution in [0, 0.1) is 0 Å². The molecule has 17 heavy (non-hydrogen) atoms. The molecule has 0 aliphatic carbocycles. The summed E-state index contributed by atoms with van der Waals surface area (Å²) in [7, 11) is 1.97. The molecule has 0 aliphatic heterocycles. The maximum atomic E-state index is 5.96. The van der Waals surface area contributed by atoms with Gasteiger partial charge in [0.05, 0.1) is 5.69 Å². The van der Waals surface area contributed by atoms with Crippen LogP contribution in [-0.2, 0) is 0 Å². The molecule has 0 fully saturated rings. The van der Waals surface area contributed by atoms with Crippen LogP contribution >= 0.6 is 23.2 Å². The summed E-state index contributed by atoms with van der Waals surface area (Å²) in [5, 5.41) is 1.27.